The Bertz CT molecular complexity index is 295. The molecule has 1 fully saturated rings. The highest BCUT2D eigenvalue weighted by atomic mass is 16.6. The minimum absolute atomic E-state index is 0.0243. The minimum Gasteiger partial charge on any atom is -0.365 e. The van der Waals surface area contributed by atoms with E-state index in [1.165, 1.54) is 0 Å². The van der Waals surface area contributed by atoms with Gasteiger partial charge in [0.25, 0.3) is 0 Å². The fraction of sp³-hybridized carbons (Fsp3) is 0.700. The Balaban J connectivity index is 2.44. The lowest BCUT2D eigenvalue weighted by Gasteiger charge is -2.27. The first-order valence-electron chi connectivity index (χ1n) is 4.33. The molecule has 0 radical (unpaired) electrons. The summed E-state index contributed by atoms with van der Waals surface area (Å²) in [5, 5.41) is 8.97. The zero-order chi connectivity index (χ0) is 8.93. The summed E-state index contributed by atoms with van der Waals surface area (Å²) in [7, 11) is 0. The lowest BCUT2D eigenvalue weighted by Crippen LogP contribution is -2.24. The summed E-state index contributed by atoms with van der Waals surface area (Å²) >= 11 is 0. The van der Waals surface area contributed by atoms with Crippen LogP contribution in [0.1, 0.15) is 27.2 Å². The maximum atomic E-state index is 8.97. The van der Waals surface area contributed by atoms with Crippen molar-refractivity contribution in [3.05, 3.63) is 11.1 Å². The average molecular weight is 163 g/mol. The zero-order valence-corrected chi connectivity index (χ0v) is 7.72. The molecule has 0 spiro atoms. The smallest absolute Gasteiger partial charge is 0.106 e. The largest absolute Gasteiger partial charge is 0.365 e. The van der Waals surface area contributed by atoms with Crippen LogP contribution in [0.25, 0.3) is 0 Å². The van der Waals surface area contributed by atoms with E-state index in [1.807, 2.05) is 6.92 Å². The zero-order valence-electron chi connectivity index (χ0n) is 7.72. The Morgan fingerprint density at radius 2 is 2.25 bits per heavy atom. The Kier molecular flexibility index (Phi) is 1.38. The highest BCUT2D eigenvalue weighted by molar-refractivity contribution is 5.40. The van der Waals surface area contributed by atoms with Gasteiger partial charge in [-0.1, -0.05) is 13.8 Å². The Morgan fingerprint density at radius 3 is 2.83 bits per heavy atom. The maximum absolute atomic E-state index is 8.97. The first kappa shape index (κ1) is 7.82. The van der Waals surface area contributed by atoms with Crippen LogP contribution in [0, 0.1) is 16.7 Å². The molecule has 2 nitrogen and oxygen atoms in total. The van der Waals surface area contributed by atoms with E-state index in [-0.39, 0.29) is 11.5 Å². The number of allylic oxidation sites excluding steroid dienone is 1. The number of rotatable bonds is 0. The van der Waals surface area contributed by atoms with Gasteiger partial charge in [0.2, 0.25) is 0 Å². The first-order chi connectivity index (χ1) is 5.56. The second kappa shape index (κ2) is 2.11. The molecule has 2 rings (SSSR count). The summed E-state index contributed by atoms with van der Waals surface area (Å²) in [5.74, 6) is 0. The Morgan fingerprint density at radius 1 is 1.58 bits per heavy atom. The van der Waals surface area contributed by atoms with Gasteiger partial charge in [-0.05, 0) is 18.9 Å². The third-order valence-corrected chi connectivity index (χ3v) is 2.90. The van der Waals surface area contributed by atoms with E-state index in [4.69, 9.17) is 10.00 Å². The van der Waals surface area contributed by atoms with E-state index in [0.29, 0.717) is 6.10 Å². The summed E-state index contributed by atoms with van der Waals surface area (Å²) in [6, 6.07) is 2.30. The quantitative estimate of drug-likeness (QED) is 0.512. The van der Waals surface area contributed by atoms with Crippen LogP contribution in [0.2, 0.25) is 0 Å². The third kappa shape index (κ3) is 0.899. The van der Waals surface area contributed by atoms with Gasteiger partial charge in [0.05, 0.1) is 12.2 Å². The molecule has 0 amide bonds. The molecule has 1 aliphatic heterocycles. The van der Waals surface area contributed by atoms with Gasteiger partial charge in [-0.3, -0.25) is 0 Å². The molecule has 0 bridgehead atoms. The molecule has 1 heterocycles. The van der Waals surface area contributed by atoms with Crippen LogP contribution >= 0.6 is 0 Å². The van der Waals surface area contributed by atoms with Crippen molar-refractivity contribution in [1.29, 1.82) is 5.26 Å². The molecule has 2 heteroatoms. The number of nitriles is 1. The van der Waals surface area contributed by atoms with E-state index in [1.54, 1.807) is 0 Å². The van der Waals surface area contributed by atoms with Crippen molar-refractivity contribution in [2.75, 3.05) is 0 Å². The fourth-order valence-corrected chi connectivity index (χ4v) is 2.20. The minimum atomic E-state index is 0.0243. The summed E-state index contributed by atoms with van der Waals surface area (Å²) in [6.07, 6.45) is 1.67. The topological polar surface area (TPSA) is 36.3 Å². The molecule has 64 valence electrons. The van der Waals surface area contributed by atoms with Gasteiger partial charge >= 0.3 is 0 Å². The van der Waals surface area contributed by atoms with Crippen molar-refractivity contribution < 1.29 is 4.74 Å². The fourth-order valence-electron chi connectivity index (χ4n) is 2.20. The first-order valence-corrected chi connectivity index (χ1v) is 4.33. The highest BCUT2D eigenvalue weighted by Crippen LogP contribution is 2.48. The molecule has 0 aromatic carbocycles. The van der Waals surface area contributed by atoms with Crippen molar-refractivity contribution in [2.24, 2.45) is 5.41 Å². The van der Waals surface area contributed by atoms with E-state index in [2.05, 4.69) is 19.9 Å². The van der Waals surface area contributed by atoms with Crippen molar-refractivity contribution in [2.45, 2.75) is 39.4 Å². The van der Waals surface area contributed by atoms with Gasteiger partial charge in [0, 0.05) is 11.0 Å². The highest BCUT2D eigenvalue weighted by Gasteiger charge is 2.50. The molecule has 1 aliphatic carbocycles. The van der Waals surface area contributed by atoms with Gasteiger partial charge < -0.3 is 4.74 Å². The van der Waals surface area contributed by atoms with Gasteiger partial charge in [0.15, 0.2) is 0 Å². The Labute approximate surface area is 72.8 Å². The predicted octanol–water partition coefficient (Wildman–Crippen LogP) is 2.02. The number of epoxide rings is 1. The van der Waals surface area contributed by atoms with Crippen LogP contribution in [0.4, 0.5) is 0 Å². The molecule has 0 saturated carbocycles. The molecule has 1 saturated heterocycles. The standard InChI is InChI=1S/C10H13NO/c1-6-7(5-11)10(2,3)4-8-9(6)12-8/h8-9H,4H2,1-3H3/t8-,9+/m1/s1. The number of fused-ring (bicyclic) bond motifs is 1. The molecular formula is C10H13NO. The van der Waals surface area contributed by atoms with Crippen LogP contribution in [-0.2, 0) is 4.74 Å². The second-order valence-corrected chi connectivity index (χ2v) is 4.35. The van der Waals surface area contributed by atoms with Crippen LogP contribution in [-0.4, -0.2) is 12.2 Å². The van der Waals surface area contributed by atoms with Gasteiger partial charge in [0.1, 0.15) is 6.10 Å². The average Bonchev–Trinajstić information content (AvgIpc) is 2.65. The summed E-state index contributed by atoms with van der Waals surface area (Å²) in [6.45, 7) is 6.25. The van der Waals surface area contributed by atoms with Crippen molar-refractivity contribution in [3.8, 4) is 6.07 Å². The van der Waals surface area contributed by atoms with Gasteiger partial charge in [-0.15, -0.1) is 0 Å². The molecule has 0 N–H and O–H groups in total. The molecule has 0 aromatic rings. The van der Waals surface area contributed by atoms with Gasteiger partial charge in [-0.25, -0.2) is 0 Å². The third-order valence-electron chi connectivity index (χ3n) is 2.90. The monoisotopic (exact) mass is 163 g/mol. The molecule has 2 atom stereocenters. The number of hydrogen-bond donors (Lipinski definition) is 0. The normalized spacial score (nSPS) is 37.2. The molecule has 12 heavy (non-hydrogen) atoms. The number of hydrogen-bond acceptors (Lipinski definition) is 2. The van der Waals surface area contributed by atoms with E-state index in [9.17, 15) is 0 Å². The van der Waals surface area contributed by atoms with Crippen LogP contribution < -0.4 is 0 Å². The second-order valence-electron chi connectivity index (χ2n) is 4.35. The SMILES string of the molecule is CC1=C(C#N)C(C)(C)C[C@H]2O[C@@H]12. The van der Waals surface area contributed by atoms with E-state index < -0.39 is 0 Å². The van der Waals surface area contributed by atoms with Crippen LogP contribution in [0.3, 0.4) is 0 Å². The summed E-state index contributed by atoms with van der Waals surface area (Å²) < 4.78 is 5.45. The lowest BCUT2D eigenvalue weighted by molar-refractivity contribution is 0.325. The van der Waals surface area contributed by atoms with E-state index >= 15 is 0 Å². The van der Waals surface area contributed by atoms with E-state index in [0.717, 1.165) is 17.6 Å². The Hall–Kier alpha value is -0.810. The van der Waals surface area contributed by atoms with Gasteiger partial charge in [-0.2, -0.15) is 5.26 Å². The van der Waals surface area contributed by atoms with Crippen molar-refractivity contribution in [3.63, 3.8) is 0 Å². The summed E-state index contributed by atoms with van der Waals surface area (Å²) in [4.78, 5) is 0. The molecule has 2 aliphatic rings. The number of ether oxygens (including phenoxy) is 1. The van der Waals surface area contributed by atoms with Crippen molar-refractivity contribution in [1.82, 2.24) is 0 Å². The molecular weight excluding hydrogens is 150 g/mol. The maximum Gasteiger partial charge on any atom is 0.106 e. The summed E-state index contributed by atoms with van der Waals surface area (Å²) in [5.41, 5.74) is 2.11. The van der Waals surface area contributed by atoms with Crippen molar-refractivity contribution >= 4 is 0 Å². The number of nitrogens with zero attached hydrogens (tertiary/aromatic N) is 1. The molecule has 0 aromatic heterocycles. The lowest BCUT2D eigenvalue weighted by atomic mass is 9.73. The molecule has 0 unspecified atom stereocenters. The van der Waals surface area contributed by atoms with Crippen LogP contribution in [0.15, 0.2) is 11.1 Å². The van der Waals surface area contributed by atoms with Crippen LogP contribution in [0.5, 0.6) is 0 Å². The predicted molar refractivity (Wildman–Crippen MR) is 45.4 cm³/mol.